The molecule has 1 atom stereocenters. The van der Waals surface area contributed by atoms with Gasteiger partial charge >= 0.3 is 5.97 Å². The first-order chi connectivity index (χ1) is 9.36. The van der Waals surface area contributed by atoms with Gasteiger partial charge in [-0.2, -0.15) is 0 Å². The molecule has 0 saturated heterocycles. The molecule has 1 aromatic heterocycles. The van der Waals surface area contributed by atoms with E-state index >= 15 is 0 Å². The number of rotatable bonds is 8. The second-order valence-electron chi connectivity index (χ2n) is 5.43. The van der Waals surface area contributed by atoms with Gasteiger partial charge in [0.05, 0.1) is 17.1 Å². The zero-order valence-corrected chi connectivity index (χ0v) is 13.0. The van der Waals surface area contributed by atoms with Crippen LogP contribution in [0.15, 0.2) is 5.38 Å². The largest absolute Gasteiger partial charge is 0.481 e. The number of carboxylic acid groups (broad SMARTS) is 1. The van der Waals surface area contributed by atoms with Crippen molar-refractivity contribution in [1.29, 1.82) is 0 Å². The van der Waals surface area contributed by atoms with E-state index < -0.39 is 5.97 Å². The SMILES string of the molecule is Cc1nc(CC(=O)NC[C@H](CC(=O)O)CC(C)C)cs1. The Morgan fingerprint density at radius 1 is 1.45 bits per heavy atom. The summed E-state index contributed by atoms with van der Waals surface area (Å²) in [5.74, 6) is -0.527. The van der Waals surface area contributed by atoms with Crippen LogP contribution in [0.4, 0.5) is 0 Å². The molecule has 0 aromatic carbocycles. The third kappa shape index (κ3) is 6.65. The van der Waals surface area contributed by atoms with Crippen molar-refractivity contribution in [1.82, 2.24) is 10.3 Å². The van der Waals surface area contributed by atoms with E-state index in [1.807, 2.05) is 12.3 Å². The van der Waals surface area contributed by atoms with Crippen molar-refractivity contribution in [2.24, 2.45) is 11.8 Å². The Balaban J connectivity index is 2.41. The highest BCUT2D eigenvalue weighted by Crippen LogP contribution is 2.15. The summed E-state index contributed by atoms with van der Waals surface area (Å²) in [5.41, 5.74) is 0.767. The molecule has 1 aromatic rings. The Bertz CT molecular complexity index is 457. The molecule has 0 fully saturated rings. The second-order valence-corrected chi connectivity index (χ2v) is 6.49. The van der Waals surface area contributed by atoms with Crippen molar-refractivity contribution in [3.05, 3.63) is 16.1 Å². The van der Waals surface area contributed by atoms with Gasteiger partial charge in [0.15, 0.2) is 0 Å². The first kappa shape index (κ1) is 16.6. The van der Waals surface area contributed by atoms with Gasteiger partial charge in [-0.3, -0.25) is 9.59 Å². The monoisotopic (exact) mass is 298 g/mol. The van der Waals surface area contributed by atoms with Crippen molar-refractivity contribution >= 4 is 23.2 Å². The first-order valence-electron chi connectivity index (χ1n) is 6.76. The molecule has 0 saturated carbocycles. The van der Waals surface area contributed by atoms with Crippen LogP contribution in [0, 0.1) is 18.8 Å². The van der Waals surface area contributed by atoms with Gasteiger partial charge in [-0.25, -0.2) is 4.98 Å². The molecule has 112 valence electrons. The summed E-state index contributed by atoms with van der Waals surface area (Å²) in [5, 5.41) is 14.5. The summed E-state index contributed by atoms with van der Waals surface area (Å²) in [6.45, 7) is 6.41. The molecule has 0 radical (unpaired) electrons. The normalized spacial score (nSPS) is 12.4. The van der Waals surface area contributed by atoms with E-state index in [4.69, 9.17) is 5.11 Å². The number of carbonyl (C=O) groups is 2. The minimum atomic E-state index is -0.819. The van der Waals surface area contributed by atoms with Gasteiger partial charge in [0, 0.05) is 18.3 Å². The zero-order chi connectivity index (χ0) is 15.1. The lowest BCUT2D eigenvalue weighted by atomic mass is 9.94. The van der Waals surface area contributed by atoms with Crippen LogP contribution in [0.3, 0.4) is 0 Å². The van der Waals surface area contributed by atoms with Crippen LogP contribution in [-0.2, 0) is 16.0 Å². The summed E-state index contributed by atoms with van der Waals surface area (Å²) in [6, 6.07) is 0. The smallest absolute Gasteiger partial charge is 0.303 e. The standard InChI is InChI=1S/C14H22N2O3S/c1-9(2)4-11(5-14(18)19)7-15-13(17)6-12-8-20-10(3)16-12/h8-9,11H,4-7H2,1-3H3,(H,15,17)(H,18,19)/t11-/m0/s1. The van der Waals surface area contributed by atoms with Crippen molar-refractivity contribution < 1.29 is 14.7 Å². The minimum Gasteiger partial charge on any atom is -0.481 e. The van der Waals surface area contributed by atoms with Gasteiger partial charge in [0.2, 0.25) is 5.91 Å². The molecule has 1 heterocycles. The van der Waals surface area contributed by atoms with Gasteiger partial charge < -0.3 is 10.4 Å². The fourth-order valence-corrected chi connectivity index (χ4v) is 2.74. The predicted octanol–water partition coefficient (Wildman–Crippen LogP) is 2.25. The van der Waals surface area contributed by atoms with Crippen molar-refractivity contribution in [2.75, 3.05) is 6.54 Å². The lowest BCUT2D eigenvalue weighted by Crippen LogP contribution is -2.32. The van der Waals surface area contributed by atoms with E-state index in [1.54, 1.807) is 0 Å². The summed E-state index contributed by atoms with van der Waals surface area (Å²) in [6.07, 6.45) is 1.14. The van der Waals surface area contributed by atoms with Gasteiger partial charge in [-0.1, -0.05) is 13.8 Å². The number of hydrogen-bond acceptors (Lipinski definition) is 4. The van der Waals surface area contributed by atoms with Crippen LogP contribution >= 0.6 is 11.3 Å². The Morgan fingerprint density at radius 3 is 2.65 bits per heavy atom. The average Bonchev–Trinajstić information content (AvgIpc) is 2.70. The Labute approximate surface area is 123 Å². The van der Waals surface area contributed by atoms with Crippen LogP contribution in [0.25, 0.3) is 0 Å². The Hall–Kier alpha value is -1.43. The van der Waals surface area contributed by atoms with Gasteiger partial charge in [0.25, 0.3) is 0 Å². The lowest BCUT2D eigenvalue weighted by Gasteiger charge is -2.17. The summed E-state index contributed by atoms with van der Waals surface area (Å²) in [7, 11) is 0. The highest BCUT2D eigenvalue weighted by molar-refractivity contribution is 7.09. The summed E-state index contributed by atoms with van der Waals surface area (Å²) >= 11 is 1.52. The quantitative estimate of drug-likeness (QED) is 0.771. The molecule has 20 heavy (non-hydrogen) atoms. The number of nitrogens with one attached hydrogen (secondary N) is 1. The van der Waals surface area contributed by atoms with Gasteiger partial charge in [0.1, 0.15) is 0 Å². The number of aliphatic carboxylic acids is 1. The van der Waals surface area contributed by atoms with Gasteiger partial charge in [-0.15, -0.1) is 11.3 Å². The summed E-state index contributed by atoms with van der Waals surface area (Å²) < 4.78 is 0. The van der Waals surface area contributed by atoms with E-state index in [1.165, 1.54) is 11.3 Å². The lowest BCUT2D eigenvalue weighted by molar-refractivity contribution is -0.138. The molecular weight excluding hydrogens is 276 g/mol. The molecule has 0 unspecified atom stereocenters. The molecule has 0 aliphatic rings. The van der Waals surface area contributed by atoms with Gasteiger partial charge in [-0.05, 0) is 25.2 Å². The zero-order valence-electron chi connectivity index (χ0n) is 12.2. The molecule has 0 aliphatic heterocycles. The van der Waals surface area contributed by atoms with Crippen LogP contribution in [0.5, 0.6) is 0 Å². The van der Waals surface area contributed by atoms with E-state index in [-0.39, 0.29) is 24.7 Å². The maximum atomic E-state index is 11.8. The molecule has 6 heteroatoms. The molecule has 5 nitrogen and oxygen atoms in total. The maximum Gasteiger partial charge on any atom is 0.303 e. The van der Waals surface area contributed by atoms with E-state index in [0.717, 1.165) is 17.1 Å². The van der Waals surface area contributed by atoms with E-state index in [2.05, 4.69) is 24.1 Å². The number of aromatic nitrogens is 1. The number of hydrogen-bond donors (Lipinski definition) is 2. The molecule has 0 bridgehead atoms. The third-order valence-electron chi connectivity index (χ3n) is 2.86. The topological polar surface area (TPSA) is 79.3 Å². The second kappa shape index (κ2) is 7.99. The number of amides is 1. The molecule has 0 aliphatic carbocycles. The Morgan fingerprint density at radius 2 is 2.15 bits per heavy atom. The van der Waals surface area contributed by atoms with Crippen LogP contribution in [0.1, 0.15) is 37.4 Å². The predicted molar refractivity (Wildman–Crippen MR) is 78.8 cm³/mol. The van der Waals surface area contributed by atoms with Crippen LogP contribution in [0.2, 0.25) is 0 Å². The van der Waals surface area contributed by atoms with Crippen LogP contribution in [-0.4, -0.2) is 28.5 Å². The molecule has 2 N–H and O–H groups in total. The van der Waals surface area contributed by atoms with Crippen molar-refractivity contribution in [3.8, 4) is 0 Å². The average molecular weight is 298 g/mol. The molecule has 1 amide bonds. The Kier molecular flexibility index (Phi) is 6.64. The fourth-order valence-electron chi connectivity index (χ4n) is 2.13. The third-order valence-corrected chi connectivity index (χ3v) is 3.69. The molecular formula is C14H22N2O3S. The fraction of sp³-hybridized carbons (Fsp3) is 0.643. The number of nitrogens with zero attached hydrogens (tertiary/aromatic N) is 1. The number of carbonyl (C=O) groups excluding carboxylic acids is 1. The highest BCUT2D eigenvalue weighted by Gasteiger charge is 2.16. The van der Waals surface area contributed by atoms with E-state index in [9.17, 15) is 9.59 Å². The molecule has 0 spiro atoms. The van der Waals surface area contributed by atoms with Crippen molar-refractivity contribution in [2.45, 2.75) is 40.0 Å². The summed E-state index contributed by atoms with van der Waals surface area (Å²) in [4.78, 5) is 26.9. The van der Waals surface area contributed by atoms with Crippen LogP contribution < -0.4 is 5.32 Å². The highest BCUT2D eigenvalue weighted by atomic mass is 32.1. The number of carboxylic acids is 1. The van der Waals surface area contributed by atoms with E-state index in [0.29, 0.717) is 12.5 Å². The first-order valence-corrected chi connectivity index (χ1v) is 7.64. The van der Waals surface area contributed by atoms with Crippen molar-refractivity contribution in [3.63, 3.8) is 0 Å². The minimum absolute atomic E-state index is 0.0198. The maximum absolute atomic E-state index is 11.8. The number of aryl methyl sites for hydroxylation is 1. The number of thiazole rings is 1. The molecule has 1 rings (SSSR count).